The fourth-order valence-corrected chi connectivity index (χ4v) is 2.49. The quantitative estimate of drug-likeness (QED) is 0.197. The van der Waals surface area contributed by atoms with E-state index in [2.05, 4.69) is 13.2 Å². The van der Waals surface area contributed by atoms with Crippen LogP contribution < -0.4 is 0 Å². The second-order valence-corrected chi connectivity index (χ2v) is 6.53. The van der Waals surface area contributed by atoms with Crippen LogP contribution in [0.3, 0.4) is 0 Å². The molecule has 144 valence electrons. The second-order valence-electron chi connectivity index (χ2n) is 6.53. The van der Waals surface area contributed by atoms with E-state index in [-0.39, 0.29) is 11.9 Å². The van der Waals surface area contributed by atoms with Gasteiger partial charge in [0, 0.05) is 11.6 Å². The van der Waals surface area contributed by atoms with Crippen LogP contribution in [0.2, 0.25) is 0 Å². The van der Waals surface area contributed by atoms with Crippen LogP contribution in [0, 0.1) is 0 Å². The van der Waals surface area contributed by atoms with Gasteiger partial charge in [0.15, 0.2) is 0 Å². The molecular formula is C21H36O4. The zero-order valence-electron chi connectivity index (χ0n) is 16.0. The number of unbranched alkanes of at least 4 members (excludes halogenated alkanes) is 11. The third-order valence-corrected chi connectivity index (χ3v) is 4.03. The molecular weight excluding hydrogens is 316 g/mol. The van der Waals surface area contributed by atoms with E-state index >= 15 is 0 Å². The number of hydrogen-bond donors (Lipinski definition) is 0. The van der Waals surface area contributed by atoms with Crippen molar-refractivity contribution < 1.29 is 19.1 Å². The maximum atomic E-state index is 11.2. The summed E-state index contributed by atoms with van der Waals surface area (Å²) in [6, 6.07) is 0. The van der Waals surface area contributed by atoms with Gasteiger partial charge >= 0.3 is 11.9 Å². The van der Waals surface area contributed by atoms with Crippen molar-refractivity contribution in [1.82, 2.24) is 0 Å². The topological polar surface area (TPSA) is 52.6 Å². The summed E-state index contributed by atoms with van der Waals surface area (Å²) in [6.45, 7) is 9.62. The average molecular weight is 353 g/mol. The summed E-state index contributed by atoms with van der Waals surface area (Å²) < 4.78 is 10.00. The minimum atomic E-state index is -0.326. The van der Waals surface area contributed by atoms with E-state index in [9.17, 15) is 9.59 Å². The summed E-state index contributed by atoms with van der Waals surface area (Å²) in [5.41, 5.74) is 0.469. The number of esters is 2. The Morgan fingerprint density at radius 1 is 0.720 bits per heavy atom. The highest BCUT2D eigenvalue weighted by Crippen LogP contribution is 2.12. The molecule has 0 N–H and O–H groups in total. The van der Waals surface area contributed by atoms with Gasteiger partial charge in [-0.1, -0.05) is 77.4 Å². The molecule has 25 heavy (non-hydrogen) atoms. The van der Waals surface area contributed by atoms with Crippen molar-refractivity contribution in [2.45, 2.75) is 84.0 Å². The molecule has 0 aromatic heterocycles. The largest absolute Gasteiger partial charge is 0.463 e. The van der Waals surface area contributed by atoms with Gasteiger partial charge in [-0.2, -0.15) is 0 Å². The third-order valence-electron chi connectivity index (χ3n) is 4.03. The van der Waals surface area contributed by atoms with Crippen molar-refractivity contribution in [1.29, 1.82) is 0 Å². The molecule has 4 nitrogen and oxygen atoms in total. The monoisotopic (exact) mass is 352 g/mol. The Hall–Kier alpha value is -1.58. The standard InChI is InChI=1S/C21H36O4/c1-4-20(22)24-17-15-13-11-9-7-5-6-8-10-12-14-16-18-25-21(23)19(2)3/h4H,1-2,5-18H2,3H3. The fourth-order valence-electron chi connectivity index (χ4n) is 2.49. The van der Waals surface area contributed by atoms with Crippen LogP contribution in [0.15, 0.2) is 24.8 Å². The molecule has 4 heteroatoms. The van der Waals surface area contributed by atoms with Crippen LogP contribution in [0.1, 0.15) is 84.0 Å². The van der Waals surface area contributed by atoms with Crippen molar-refractivity contribution in [2.75, 3.05) is 13.2 Å². The first-order valence-corrected chi connectivity index (χ1v) is 9.69. The van der Waals surface area contributed by atoms with Crippen LogP contribution in [0.4, 0.5) is 0 Å². The highest BCUT2D eigenvalue weighted by Gasteiger charge is 2.01. The lowest BCUT2D eigenvalue weighted by molar-refractivity contribution is -0.139. The smallest absolute Gasteiger partial charge is 0.333 e. The number of ether oxygens (including phenoxy) is 2. The normalized spacial score (nSPS) is 10.3. The van der Waals surface area contributed by atoms with Gasteiger partial charge in [0.1, 0.15) is 0 Å². The first-order valence-electron chi connectivity index (χ1n) is 9.69. The first-order chi connectivity index (χ1) is 12.1. The average Bonchev–Trinajstić information content (AvgIpc) is 2.60. The highest BCUT2D eigenvalue weighted by molar-refractivity contribution is 5.86. The summed E-state index contributed by atoms with van der Waals surface area (Å²) in [5.74, 6) is -0.606. The number of rotatable bonds is 17. The molecule has 0 spiro atoms. The minimum Gasteiger partial charge on any atom is -0.463 e. The van der Waals surface area contributed by atoms with E-state index in [4.69, 9.17) is 9.47 Å². The summed E-state index contributed by atoms with van der Waals surface area (Å²) >= 11 is 0. The Kier molecular flexibility index (Phi) is 16.2. The number of hydrogen-bond acceptors (Lipinski definition) is 4. The van der Waals surface area contributed by atoms with Crippen LogP contribution in [0.25, 0.3) is 0 Å². The second kappa shape index (κ2) is 17.2. The van der Waals surface area contributed by atoms with Gasteiger partial charge in [-0.3, -0.25) is 0 Å². The van der Waals surface area contributed by atoms with Crippen molar-refractivity contribution in [3.8, 4) is 0 Å². The van der Waals surface area contributed by atoms with Gasteiger partial charge in [-0.05, 0) is 19.8 Å². The van der Waals surface area contributed by atoms with Crippen LogP contribution in [-0.4, -0.2) is 25.2 Å². The SMILES string of the molecule is C=CC(=O)OCCCCCCCCCCCCCCOC(=O)C(=C)C. The molecule has 0 aromatic carbocycles. The van der Waals surface area contributed by atoms with E-state index < -0.39 is 0 Å². The zero-order valence-corrected chi connectivity index (χ0v) is 16.0. The molecule has 0 aromatic rings. The van der Waals surface area contributed by atoms with Crippen molar-refractivity contribution >= 4 is 11.9 Å². The summed E-state index contributed by atoms with van der Waals surface area (Å²) in [5, 5.41) is 0. The Bertz CT molecular complexity index is 387. The number of carbonyl (C=O) groups excluding carboxylic acids is 2. The Balaban J connectivity index is 3.12. The highest BCUT2D eigenvalue weighted by atomic mass is 16.5. The van der Waals surface area contributed by atoms with Crippen LogP contribution in [-0.2, 0) is 19.1 Å². The molecule has 0 radical (unpaired) electrons. The summed E-state index contributed by atoms with van der Waals surface area (Å²) in [4.78, 5) is 22.0. The molecule has 0 atom stereocenters. The third kappa shape index (κ3) is 17.0. The van der Waals surface area contributed by atoms with Crippen molar-refractivity contribution in [3.05, 3.63) is 24.8 Å². The maximum absolute atomic E-state index is 11.2. The Labute approximate surface area is 153 Å². The predicted octanol–water partition coefficient (Wildman–Crippen LogP) is 5.52. The van der Waals surface area contributed by atoms with Gasteiger partial charge in [-0.25, -0.2) is 9.59 Å². The fraction of sp³-hybridized carbons (Fsp3) is 0.714. The van der Waals surface area contributed by atoms with E-state index in [1.54, 1.807) is 6.92 Å². The molecule has 0 rings (SSSR count). The van der Waals surface area contributed by atoms with E-state index in [0.29, 0.717) is 18.8 Å². The Morgan fingerprint density at radius 2 is 1.08 bits per heavy atom. The summed E-state index contributed by atoms with van der Waals surface area (Å²) in [6.07, 6.45) is 15.5. The zero-order chi connectivity index (χ0) is 18.8. The van der Waals surface area contributed by atoms with Gasteiger partial charge < -0.3 is 9.47 Å². The molecule has 0 aliphatic rings. The lowest BCUT2D eigenvalue weighted by Gasteiger charge is -2.05. The molecule has 0 unspecified atom stereocenters. The van der Waals surface area contributed by atoms with Crippen molar-refractivity contribution in [3.63, 3.8) is 0 Å². The minimum absolute atomic E-state index is 0.280. The predicted molar refractivity (Wildman–Crippen MR) is 102 cm³/mol. The van der Waals surface area contributed by atoms with E-state index in [1.807, 2.05) is 0 Å². The molecule has 0 fully saturated rings. The molecule has 0 saturated carbocycles. The van der Waals surface area contributed by atoms with Crippen LogP contribution >= 0.6 is 0 Å². The molecule has 0 saturated heterocycles. The lowest BCUT2D eigenvalue weighted by Crippen LogP contribution is -2.05. The van der Waals surface area contributed by atoms with Gasteiger partial charge in [-0.15, -0.1) is 0 Å². The van der Waals surface area contributed by atoms with Gasteiger partial charge in [0.2, 0.25) is 0 Å². The lowest BCUT2D eigenvalue weighted by atomic mass is 10.1. The molecule has 0 bridgehead atoms. The number of carbonyl (C=O) groups is 2. The molecule has 0 aliphatic heterocycles. The molecule has 0 amide bonds. The maximum Gasteiger partial charge on any atom is 0.333 e. The van der Waals surface area contributed by atoms with Crippen molar-refractivity contribution in [2.24, 2.45) is 0 Å². The molecule has 0 heterocycles. The Morgan fingerprint density at radius 3 is 1.44 bits per heavy atom. The van der Waals surface area contributed by atoms with E-state index in [1.165, 1.54) is 57.4 Å². The first kappa shape index (κ1) is 23.4. The summed E-state index contributed by atoms with van der Waals surface area (Å²) in [7, 11) is 0. The van der Waals surface area contributed by atoms with E-state index in [0.717, 1.165) is 25.7 Å². The molecule has 0 aliphatic carbocycles. The van der Waals surface area contributed by atoms with Gasteiger partial charge in [0.05, 0.1) is 13.2 Å². The van der Waals surface area contributed by atoms with Gasteiger partial charge in [0.25, 0.3) is 0 Å². The van der Waals surface area contributed by atoms with Crippen LogP contribution in [0.5, 0.6) is 0 Å².